The van der Waals surface area contributed by atoms with Crippen molar-refractivity contribution in [2.45, 2.75) is 0 Å². The van der Waals surface area contributed by atoms with Crippen LogP contribution in [0, 0.1) is 0 Å². The van der Waals surface area contributed by atoms with Crippen LogP contribution in [0.15, 0.2) is 0 Å². The van der Waals surface area contributed by atoms with Gasteiger partial charge in [-0.25, -0.2) is 0 Å². The van der Waals surface area contributed by atoms with Crippen LogP contribution < -0.4 is 49.6 Å². The molecule has 0 aromatic carbocycles. The van der Waals surface area contributed by atoms with Crippen molar-refractivity contribution in [3.8, 4) is 0 Å². The fraction of sp³-hybridized carbons (Fsp3) is 0. The van der Waals surface area contributed by atoms with E-state index < -0.39 is 0 Å². The second-order valence-corrected chi connectivity index (χ2v) is 0. The first-order chi connectivity index (χ1) is 0. The Labute approximate surface area is 98.4 Å². The minimum Gasteiger partial charge on any atom is -1.00 e. The van der Waals surface area contributed by atoms with Crippen molar-refractivity contribution in [1.82, 2.24) is 0 Å². The molecule has 0 unspecified atom stereocenters. The predicted molar refractivity (Wildman–Crippen MR) is 18.1 cm³/mol. The summed E-state index contributed by atoms with van der Waals surface area (Å²) in [6.45, 7) is 0. The smallest absolute Gasteiger partial charge is 1.00 e. The molecule has 0 aliphatic carbocycles. The molecule has 72 valence electrons. The minimum atomic E-state index is 0. The van der Waals surface area contributed by atoms with E-state index in [9.17, 15) is 0 Å². The van der Waals surface area contributed by atoms with Crippen molar-refractivity contribution < 1.29 is 98.7 Å². The van der Waals surface area contributed by atoms with E-state index in [2.05, 4.69) is 0 Å². The Hall–Kier alpha value is 1.67. The van der Waals surface area contributed by atoms with E-state index in [-0.39, 0.29) is 98.7 Å². The quantitative estimate of drug-likeness (QED) is 0.386. The summed E-state index contributed by atoms with van der Waals surface area (Å²) in [5.74, 6) is 0. The molecule has 10 heteroatoms. The van der Waals surface area contributed by atoms with Gasteiger partial charge in [0.05, 0.1) is 0 Å². The average Bonchev–Trinajstić information content (AvgIpc) is 0. The van der Waals surface area contributed by atoms with Gasteiger partial charge in [-0.2, -0.15) is 0 Å². The minimum absolute atomic E-state index is 0. The van der Waals surface area contributed by atoms with Gasteiger partial charge in [-0.3, -0.25) is 0 Å². The van der Waals surface area contributed by atoms with Crippen LogP contribution in [-0.2, 0) is 21.7 Å². The Morgan fingerprint density at radius 2 is 0.300 bits per heavy atom. The van der Waals surface area contributed by atoms with Gasteiger partial charge in [-0.15, -0.1) is 0 Å². The Balaban J connectivity index is 0. The summed E-state index contributed by atoms with van der Waals surface area (Å²) in [6.07, 6.45) is 0. The zero-order chi connectivity index (χ0) is 0. The van der Waals surface area contributed by atoms with Gasteiger partial charge < -0.3 is 77.0 Å². The van der Waals surface area contributed by atoms with E-state index in [0.29, 0.717) is 0 Å². The average molecular weight is 280 g/mol. The van der Waals surface area contributed by atoms with E-state index in [1.807, 2.05) is 0 Å². The van der Waals surface area contributed by atoms with Gasteiger partial charge in [0.25, 0.3) is 0 Å². The molecule has 5 nitrogen and oxygen atoms in total. The van der Waals surface area contributed by atoms with E-state index in [0.717, 1.165) is 0 Å². The largest absolute Gasteiger partial charge is 4.00 e. The molecule has 0 rings (SSSR count). The molecule has 0 aromatic rings. The van der Waals surface area contributed by atoms with Gasteiger partial charge in [0.2, 0.25) is 0 Å². The summed E-state index contributed by atoms with van der Waals surface area (Å²) in [5.41, 5.74) is 0. The third kappa shape index (κ3) is 260. The molecular weight excluding hydrogens is 270 g/mol. The summed E-state index contributed by atoms with van der Waals surface area (Å²) >= 11 is 0. The first-order valence-corrected chi connectivity index (χ1v) is 0. The van der Waals surface area contributed by atoms with Crippen molar-refractivity contribution in [2.75, 3.05) is 0 Å². The van der Waals surface area contributed by atoms with Crippen LogP contribution >= 0.6 is 0 Å². The molecule has 0 aliphatic rings. The second kappa shape index (κ2) is 356. The number of hydrogen-bond acceptors (Lipinski definition) is 0. The molecule has 0 saturated carbocycles. The zero-order valence-electron chi connectivity index (χ0n) is 4.51. The van der Waals surface area contributed by atoms with Crippen LogP contribution in [0.25, 0.3) is 0 Å². The normalized spacial score (nSPS) is 0. The number of halogens is 4. The summed E-state index contributed by atoms with van der Waals surface area (Å²) in [4.78, 5) is 0. The van der Waals surface area contributed by atoms with Crippen molar-refractivity contribution >= 4 is 0 Å². The van der Waals surface area contributed by atoms with Crippen molar-refractivity contribution in [2.24, 2.45) is 0 Å². The third-order valence-electron chi connectivity index (χ3n) is 0. The zero-order valence-corrected chi connectivity index (χ0v) is 9.10. The molecule has 0 saturated heterocycles. The molecule has 0 aliphatic heterocycles. The Bertz CT molecular complexity index is 13.6. The Morgan fingerprint density at radius 3 is 0.300 bits per heavy atom. The molecule has 0 radical (unpaired) electrons. The van der Waals surface area contributed by atoms with Gasteiger partial charge >= 0.3 is 21.7 Å². The van der Waals surface area contributed by atoms with Crippen LogP contribution in [0.2, 0.25) is 0 Å². The molecule has 0 spiro atoms. The van der Waals surface area contributed by atoms with E-state index in [4.69, 9.17) is 0 Å². The SMILES string of the molecule is O.O.O.O.O.[Cl-].[Cl-].[Cl-].[Cl-].[Ti+4]. The predicted octanol–water partition coefficient (Wildman–Crippen LogP) is -16.1. The summed E-state index contributed by atoms with van der Waals surface area (Å²) in [6, 6.07) is 0. The van der Waals surface area contributed by atoms with E-state index in [1.165, 1.54) is 0 Å². The summed E-state index contributed by atoms with van der Waals surface area (Å²) in [7, 11) is 0. The monoisotopic (exact) mass is 278 g/mol. The number of hydrogen-bond donors (Lipinski definition) is 0. The fourth-order valence-corrected chi connectivity index (χ4v) is 0. The Kier molecular flexibility index (Phi) is 16900. The molecule has 0 atom stereocenters. The van der Waals surface area contributed by atoms with Gasteiger partial charge in [-0.05, 0) is 0 Å². The van der Waals surface area contributed by atoms with Crippen LogP contribution in [0.5, 0.6) is 0 Å². The van der Waals surface area contributed by atoms with Crippen molar-refractivity contribution in [3.63, 3.8) is 0 Å². The maximum absolute atomic E-state index is 0. The Morgan fingerprint density at radius 1 is 0.300 bits per heavy atom. The van der Waals surface area contributed by atoms with Gasteiger partial charge in [0.15, 0.2) is 0 Å². The molecule has 0 bridgehead atoms. The molecular formula is H10Cl4O5Ti. The first kappa shape index (κ1) is 475. The van der Waals surface area contributed by atoms with Crippen LogP contribution in [0.4, 0.5) is 0 Å². The number of rotatable bonds is 0. The van der Waals surface area contributed by atoms with Crippen LogP contribution in [0.1, 0.15) is 0 Å². The summed E-state index contributed by atoms with van der Waals surface area (Å²) < 4.78 is 0. The summed E-state index contributed by atoms with van der Waals surface area (Å²) in [5, 5.41) is 0. The molecule has 0 fully saturated rings. The van der Waals surface area contributed by atoms with E-state index in [1.54, 1.807) is 0 Å². The molecule has 0 amide bonds. The van der Waals surface area contributed by atoms with Gasteiger partial charge in [-0.1, -0.05) is 0 Å². The molecule has 10 N–H and O–H groups in total. The van der Waals surface area contributed by atoms with E-state index >= 15 is 0 Å². The maximum Gasteiger partial charge on any atom is 4.00 e. The molecule has 0 aromatic heterocycles. The van der Waals surface area contributed by atoms with Gasteiger partial charge in [0, 0.05) is 0 Å². The fourth-order valence-electron chi connectivity index (χ4n) is 0. The van der Waals surface area contributed by atoms with Crippen molar-refractivity contribution in [1.29, 1.82) is 0 Å². The third-order valence-corrected chi connectivity index (χ3v) is 0. The molecule has 10 heavy (non-hydrogen) atoms. The van der Waals surface area contributed by atoms with Crippen molar-refractivity contribution in [3.05, 3.63) is 0 Å². The topological polar surface area (TPSA) is 158 Å². The van der Waals surface area contributed by atoms with Crippen LogP contribution in [-0.4, -0.2) is 27.4 Å². The van der Waals surface area contributed by atoms with Crippen LogP contribution in [0.3, 0.4) is 0 Å². The first-order valence-electron chi connectivity index (χ1n) is 0. The molecule has 0 heterocycles. The standard InChI is InChI=1S/4ClH.5H2O.Ti/h4*1H;5*1H2;/q;;;;;;;;;+4/p-4. The second-order valence-electron chi connectivity index (χ2n) is 0. The van der Waals surface area contributed by atoms with Gasteiger partial charge in [0.1, 0.15) is 0 Å². The maximum atomic E-state index is 0.